The van der Waals surface area contributed by atoms with E-state index in [0.717, 1.165) is 12.8 Å². The van der Waals surface area contributed by atoms with Gasteiger partial charge in [0.15, 0.2) is 0 Å². The molecule has 0 bridgehead atoms. The Bertz CT molecular complexity index is 498. The van der Waals surface area contributed by atoms with Gasteiger partial charge in [0.1, 0.15) is 5.60 Å². The van der Waals surface area contributed by atoms with E-state index in [0.29, 0.717) is 17.0 Å². The van der Waals surface area contributed by atoms with Gasteiger partial charge in [0.2, 0.25) is 5.91 Å². The Kier molecular flexibility index (Phi) is 2.40. The maximum Gasteiger partial charge on any atom is 0.338 e. The van der Waals surface area contributed by atoms with Crippen molar-refractivity contribution in [1.82, 2.24) is 0 Å². The van der Waals surface area contributed by atoms with Gasteiger partial charge in [-0.25, -0.2) is 4.79 Å². The molecular weight excluding hydrogens is 230 g/mol. The maximum atomic E-state index is 12.0. The van der Waals surface area contributed by atoms with Crippen LogP contribution in [0.2, 0.25) is 0 Å². The van der Waals surface area contributed by atoms with Crippen LogP contribution in [0.5, 0.6) is 0 Å². The number of esters is 1. The zero-order valence-corrected chi connectivity index (χ0v) is 10.0. The zero-order valence-electron chi connectivity index (χ0n) is 10.0. The second-order valence-electron chi connectivity index (χ2n) is 5.17. The summed E-state index contributed by atoms with van der Waals surface area (Å²) in [5.41, 5.74) is 5.85. The lowest BCUT2D eigenvalue weighted by Crippen LogP contribution is -2.22. The van der Waals surface area contributed by atoms with E-state index >= 15 is 0 Å². The summed E-state index contributed by atoms with van der Waals surface area (Å²) in [5.74, 6) is -0.215. The molecule has 2 N–H and O–H groups in total. The Labute approximate surface area is 105 Å². The van der Waals surface area contributed by atoms with E-state index in [2.05, 4.69) is 0 Å². The normalized spacial score (nSPS) is 20.2. The molecule has 3 rings (SSSR count). The molecule has 1 amide bonds. The standard InChI is InChI=1S/C14H15NO3/c15-12(16)9-1-3-10(4-2-9)13(17)18-14(7-8-14)11-5-6-11/h1-4,11H,5-8H2,(H2,15,16). The smallest absolute Gasteiger partial charge is 0.338 e. The molecule has 18 heavy (non-hydrogen) atoms. The summed E-state index contributed by atoms with van der Waals surface area (Å²) in [6, 6.07) is 6.28. The molecule has 4 heteroatoms. The summed E-state index contributed by atoms with van der Waals surface area (Å²) < 4.78 is 5.60. The number of nitrogens with two attached hydrogens (primary N) is 1. The van der Waals surface area contributed by atoms with Crippen LogP contribution in [0.4, 0.5) is 0 Å². The number of hydrogen-bond donors (Lipinski definition) is 1. The average Bonchev–Trinajstić information content (AvgIpc) is 3.22. The summed E-state index contributed by atoms with van der Waals surface area (Å²) >= 11 is 0. The Balaban J connectivity index is 1.70. The van der Waals surface area contributed by atoms with Crippen LogP contribution in [0.3, 0.4) is 0 Å². The Morgan fingerprint density at radius 2 is 1.67 bits per heavy atom. The van der Waals surface area contributed by atoms with Crippen molar-refractivity contribution in [3.8, 4) is 0 Å². The molecule has 2 aliphatic rings. The second kappa shape index (κ2) is 3.83. The van der Waals surface area contributed by atoms with Crippen molar-refractivity contribution in [2.45, 2.75) is 31.3 Å². The number of benzene rings is 1. The third-order valence-corrected chi connectivity index (χ3v) is 3.77. The molecule has 1 aromatic carbocycles. The summed E-state index contributed by atoms with van der Waals surface area (Å²) in [7, 11) is 0. The maximum absolute atomic E-state index is 12.0. The minimum Gasteiger partial charge on any atom is -0.455 e. The zero-order chi connectivity index (χ0) is 12.8. The first-order chi connectivity index (χ1) is 8.61. The Hall–Kier alpha value is -1.84. The van der Waals surface area contributed by atoms with Gasteiger partial charge < -0.3 is 10.5 Å². The molecule has 4 nitrogen and oxygen atoms in total. The van der Waals surface area contributed by atoms with Crippen LogP contribution in [-0.4, -0.2) is 17.5 Å². The molecule has 0 atom stereocenters. The fourth-order valence-electron chi connectivity index (χ4n) is 2.34. The minimum absolute atomic E-state index is 0.167. The van der Waals surface area contributed by atoms with Crippen LogP contribution < -0.4 is 5.73 Å². The lowest BCUT2D eigenvalue weighted by molar-refractivity contribution is 0.0160. The van der Waals surface area contributed by atoms with E-state index in [4.69, 9.17) is 10.5 Å². The minimum atomic E-state index is -0.494. The number of rotatable bonds is 4. The number of hydrogen-bond acceptors (Lipinski definition) is 3. The first-order valence-corrected chi connectivity index (χ1v) is 6.24. The SMILES string of the molecule is NC(=O)c1ccc(C(=O)OC2(C3CC3)CC2)cc1. The number of carbonyl (C=O) groups is 2. The van der Waals surface area contributed by atoms with Crippen molar-refractivity contribution in [2.24, 2.45) is 11.7 Å². The third-order valence-electron chi connectivity index (χ3n) is 3.77. The van der Waals surface area contributed by atoms with E-state index in [-0.39, 0.29) is 11.6 Å². The predicted octanol–water partition coefficient (Wildman–Crippen LogP) is 1.88. The number of amides is 1. The quantitative estimate of drug-likeness (QED) is 0.823. The van der Waals surface area contributed by atoms with Gasteiger partial charge in [0.05, 0.1) is 5.56 Å². The summed E-state index contributed by atoms with van der Waals surface area (Å²) in [5, 5.41) is 0. The highest BCUT2D eigenvalue weighted by Crippen LogP contribution is 2.56. The topological polar surface area (TPSA) is 69.4 Å². The van der Waals surface area contributed by atoms with Crippen LogP contribution in [0.1, 0.15) is 46.4 Å². The highest BCUT2D eigenvalue weighted by atomic mass is 16.6. The van der Waals surface area contributed by atoms with Crippen LogP contribution in [0, 0.1) is 5.92 Å². The first-order valence-electron chi connectivity index (χ1n) is 6.24. The molecule has 0 radical (unpaired) electrons. The molecule has 0 saturated heterocycles. The Morgan fingerprint density at radius 3 is 2.11 bits per heavy atom. The first kappa shape index (κ1) is 11.3. The predicted molar refractivity (Wildman–Crippen MR) is 65.1 cm³/mol. The molecular formula is C14H15NO3. The van der Waals surface area contributed by atoms with E-state index < -0.39 is 5.91 Å². The molecule has 2 saturated carbocycles. The van der Waals surface area contributed by atoms with Gasteiger partial charge in [-0.2, -0.15) is 0 Å². The van der Waals surface area contributed by atoms with Crippen molar-refractivity contribution in [2.75, 3.05) is 0 Å². The molecule has 0 spiro atoms. The van der Waals surface area contributed by atoms with Gasteiger partial charge in [0, 0.05) is 5.56 Å². The fraction of sp³-hybridized carbons (Fsp3) is 0.429. The molecule has 2 aliphatic carbocycles. The van der Waals surface area contributed by atoms with Crippen LogP contribution >= 0.6 is 0 Å². The van der Waals surface area contributed by atoms with E-state index in [1.807, 2.05) is 0 Å². The highest BCUT2D eigenvalue weighted by molar-refractivity contribution is 5.95. The van der Waals surface area contributed by atoms with Crippen LogP contribution in [-0.2, 0) is 4.74 Å². The molecule has 0 aromatic heterocycles. The largest absolute Gasteiger partial charge is 0.455 e. The van der Waals surface area contributed by atoms with Gasteiger partial charge in [-0.15, -0.1) is 0 Å². The van der Waals surface area contributed by atoms with Crippen molar-refractivity contribution >= 4 is 11.9 Å². The van der Waals surface area contributed by atoms with E-state index in [1.54, 1.807) is 24.3 Å². The third kappa shape index (κ3) is 1.98. The van der Waals surface area contributed by atoms with Crippen LogP contribution in [0.15, 0.2) is 24.3 Å². The van der Waals surface area contributed by atoms with E-state index in [1.165, 1.54) is 12.8 Å². The summed E-state index contributed by atoms with van der Waals surface area (Å²) in [6.07, 6.45) is 4.33. The van der Waals surface area contributed by atoms with Crippen molar-refractivity contribution in [1.29, 1.82) is 0 Å². The Morgan fingerprint density at radius 1 is 1.11 bits per heavy atom. The lowest BCUT2D eigenvalue weighted by Gasteiger charge is -2.15. The van der Waals surface area contributed by atoms with Gasteiger partial charge in [-0.05, 0) is 55.9 Å². The number of ether oxygens (including phenoxy) is 1. The molecule has 2 fully saturated rings. The van der Waals surface area contributed by atoms with Gasteiger partial charge in [-0.1, -0.05) is 0 Å². The van der Waals surface area contributed by atoms with Crippen molar-refractivity contribution < 1.29 is 14.3 Å². The molecule has 1 aromatic rings. The van der Waals surface area contributed by atoms with Gasteiger partial charge in [0.25, 0.3) is 0 Å². The summed E-state index contributed by atoms with van der Waals surface area (Å²) in [6.45, 7) is 0. The molecule has 94 valence electrons. The summed E-state index contributed by atoms with van der Waals surface area (Å²) in [4.78, 5) is 22.9. The van der Waals surface area contributed by atoms with Crippen molar-refractivity contribution in [3.05, 3.63) is 35.4 Å². The van der Waals surface area contributed by atoms with Crippen molar-refractivity contribution in [3.63, 3.8) is 0 Å². The van der Waals surface area contributed by atoms with Gasteiger partial charge >= 0.3 is 5.97 Å². The highest BCUT2D eigenvalue weighted by Gasteiger charge is 2.57. The molecule has 0 unspecified atom stereocenters. The van der Waals surface area contributed by atoms with Gasteiger partial charge in [-0.3, -0.25) is 4.79 Å². The monoisotopic (exact) mass is 245 g/mol. The second-order valence-corrected chi connectivity index (χ2v) is 5.17. The fourth-order valence-corrected chi connectivity index (χ4v) is 2.34. The van der Waals surface area contributed by atoms with E-state index in [9.17, 15) is 9.59 Å². The molecule has 0 aliphatic heterocycles. The molecule has 0 heterocycles. The van der Waals surface area contributed by atoms with Crippen LogP contribution in [0.25, 0.3) is 0 Å². The number of carbonyl (C=O) groups excluding carboxylic acids is 2. The lowest BCUT2D eigenvalue weighted by atomic mass is 10.1. The average molecular weight is 245 g/mol. The number of primary amides is 1.